The average Bonchev–Trinajstić information content (AvgIpc) is 3.22. The summed E-state index contributed by atoms with van der Waals surface area (Å²) in [6.07, 6.45) is 3.75. The Kier molecular flexibility index (Phi) is 6.33. The van der Waals surface area contributed by atoms with Gasteiger partial charge in [-0.3, -0.25) is 9.59 Å². The van der Waals surface area contributed by atoms with E-state index in [1.807, 2.05) is 30.3 Å². The van der Waals surface area contributed by atoms with Gasteiger partial charge in [-0.2, -0.15) is 0 Å². The maximum atomic E-state index is 12.6. The maximum Gasteiger partial charge on any atom is 0.243 e. The third-order valence-electron chi connectivity index (χ3n) is 5.85. The standard InChI is InChI=1S/C24H29N3O3/c1-26(24(29)16-18-5-6-19-3-2-4-20(19)15-18)17-23(28)25-21-7-9-22(10-8-21)27-11-13-30-14-12-27/h5-10,15H,2-4,11-14,16-17H2,1H3,(H,25,28). The second kappa shape index (κ2) is 9.30. The van der Waals surface area contributed by atoms with Crippen molar-refractivity contribution in [2.24, 2.45) is 0 Å². The van der Waals surface area contributed by atoms with Crippen molar-refractivity contribution in [2.45, 2.75) is 25.7 Å². The van der Waals surface area contributed by atoms with Crippen LogP contribution < -0.4 is 10.2 Å². The van der Waals surface area contributed by atoms with E-state index < -0.39 is 0 Å². The summed E-state index contributed by atoms with van der Waals surface area (Å²) in [6.45, 7) is 3.27. The van der Waals surface area contributed by atoms with Gasteiger partial charge in [0.2, 0.25) is 11.8 Å². The molecular weight excluding hydrogens is 378 g/mol. The van der Waals surface area contributed by atoms with Crippen LogP contribution in [0, 0.1) is 0 Å². The molecule has 4 rings (SSSR count). The fraction of sp³-hybridized carbons (Fsp3) is 0.417. The number of morpholine rings is 1. The first-order chi connectivity index (χ1) is 14.6. The average molecular weight is 408 g/mol. The first-order valence-electron chi connectivity index (χ1n) is 10.7. The van der Waals surface area contributed by atoms with Crippen molar-refractivity contribution in [3.63, 3.8) is 0 Å². The molecule has 1 saturated heterocycles. The van der Waals surface area contributed by atoms with Crippen molar-refractivity contribution < 1.29 is 14.3 Å². The van der Waals surface area contributed by atoms with Gasteiger partial charge >= 0.3 is 0 Å². The molecule has 30 heavy (non-hydrogen) atoms. The smallest absolute Gasteiger partial charge is 0.243 e. The fourth-order valence-corrected chi connectivity index (χ4v) is 4.13. The van der Waals surface area contributed by atoms with Gasteiger partial charge in [0.15, 0.2) is 0 Å². The van der Waals surface area contributed by atoms with Crippen LogP contribution in [-0.4, -0.2) is 56.6 Å². The number of aryl methyl sites for hydroxylation is 2. The van der Waals surface area contributed by atoms with E-state index in [2.05, 4.69) is 22.3 Å². The van der Waals surface area contributed by atoms with Gasteiger partial charge in [0.05, 0.1) is 26.2 Å². The molecule has 0 bridgehead atoms. The van der Waals surface area contributed by atoms with Gasteiger partial charge < -0.3 is 19.9 Å². The lowest BCUT2D eigenvalue weighted by Gasteiger charge is -2.28. The summed E-state index contributed by atoms with van der Waals surface area (Å²) in [5, 5.41) is 2.88. The summed E-state index contributed by atoms with van der Waals surface area (Å²) in [5.74, 6) is -0.246. The number of carbonyl (C=O) groups is 2. The number of ether oxygens (including phenoxy) is 1. The molecule has 1 aliphatic carbocycles. The van der Waals surface area contributed by atoms with E-state index in [4.69, 9.17) is 4.74 Å². The molecule has 0 spiro atoms. The van der Waals surface area contributed by atoms with Crippen LogP contribution >= 0.6 is 0 Å². The quantitative estimate of drug-likeness (QED) is 0.800. The number of carbonyl (C=O) groups excluding carboxylic acids is 2. The van der Waals surface area contributed by atoms with E-state index in [9.17, 15) is 9.59 Å². The van der Waals surface area contributed by atoms with Gasteiger partial charge in [0, 0.05) is 31.5 Å². The van der Waals surface area contributed by atoms with Crippen LogP contribution in [0.5, 0.6) is 0 Å². The number of nitrogens with one attached hydrogen (secondary N) is 1. The molecule has 0 atom stereocenters. The molecule has 0 unspecified atom stereocenters. The largest absolute Gasteiger partial charge is 0.378 e. The number of benzene rings is 2. The van der Waals surface area contributed by atoms with Crippen molar-refractivity contribution in [1.29, 1.82) is 0 Å². The van der Waals surface area contributed by atoms with Gasteiger partial charge in [0.1, 0.15) is 0 Å². The van der Waals surface area contributed by atoms with E-state index in [0.29, 0.717) is 6.42 Å². The molecule has 1 aliphatic heterocycles. The number of anilines is 2. The highest BCUT2D eigenvalue weighted by atomic mass is 16.5. The molecule has 1 fully saturated rings. The summed E-state index contributed by atoms with van der Waals surface area (Å²) in [7, 11) is 1.68. The third-order valence-corrected chi connectivity index (χ3v) is 5.85. The Morgan fingerprint density at radius 1 is 1.03 bits per heavy atom. The zero-order chi connectivity index (χ0) is 20.9. The van der Waals surface area contributed by atoms with Crippen molar-refractivity contribution in [3.05, 3.63) is 59.2 Å². The van der Waals surface area contributed by atoms with Gasteiger partial charge in [-0.05, 0) is 60.2 Å². The number of nitrogens with zero attached hydrogens (tertiary/aromatic N) is 2. The van der Waals surface area contributed by atoms with Crippen LogP contribution in [0.15, 0.2) is 42.5 Å². The highest BCUT2D eigenvalue weighted by Crippen LogP contribution is 2.23. The molecule has 1 heterocycles. The highest BCUT2D eigenvalue weighted by Gasteiger charge is 2.16. The van der Waals surface area contributed by atoms with Gasteiger partial charge in [-0.15, -0.1) is 0 Å². The fourth-order valence-electron chi connectivity index (χ4n) is 4.13. The van der Waals surface area contributed by atoms with Gasteiger partial charge in [-0.25, -0.2) is 0 Å². The summed E-state index contributed by atoms with van der Waals surface area (Å²) in [6, 6.07) is 14.1. The lowest BCUT2D eigenvalue weighted by Crippen LogP contribution is -2.36. The molecule has 158 valence electrons. The van der Waals surface area contributed by atoms with Crippen LogP contribution in [0.25, 0.3) is 0 Å². The minimum Gasteiger partial charge on any atom is -0.378 e. The molecule has 0 saturated carbocycles. The predicted octanol–water partition coefficient (Wildman–Crippen LogP) is 2.65. The maximum absolute atomic E-state index is 12.6. The van der Waals surface area contributed by atoms with Crippen LogP contribution in [0.3, 0.4) is 0 Å². The summed E-state index contributed by atoms with van der Waals surface area (Å²) >= 11 is 0. The number of hydrogen-bond acceptors (Lipinski definition) is 4. The number of amides is 2. The Bertz CT molecular complexity index is 904. The molecule has 0 aromatic heterocycles. The lowest BCUT2D eigenvalue weighted by molar-refractivity contribution is -0.132. The van der Waals surface area contributed by atoms with Gasteiger partial charge in [-0.1, -0.05) is 18.2 Å². The number of fused-ring (bicyclic) bond motifs is 1. The highest BCUT2D eigenvalue weighted by molar-refractivity contribution is 5.94. The van der Waals surface area contributed by atoms with Crippen LogP contribution in [0.1, 0.15) is 23.1 Å². The van der Waals surface area contributed by atoms with Crippen molar-refractivity contribution >= 4 is 23.2 Å². The molecule has 2 amide bonds. The Hall–Kier alpha value is -2.86. The Balaban J connectivity index is 1.27. The summed E-state index contributed by atoms with van der Waals surface area (Å²) in [4.78, 5) is 28.7. The van der Waals surface area contributed by atoms with Crippen molar-refractivity contribution in [2.75, 3.05) is 50.1 Å². The molecule has 2 aromatic rings. The SMILES string of the molecule is CN(CC(=O)Nc1ccc(N2CCOCC2)cc1)C(=O)Cc1ccc2c(c1)CCC2. The van der Waals surface area contributed by atoms with Gasteiger partial charge in [0.25, 0.3) is 0 Å². The van der Waals surface area contributed by atoms with Crippen LogP contribution in [-0.2, 0) is 33.6 Å². The van der Waals surface area contributed by atoms with E-state index in [1.165, 1.54) is 22.4 Å². The molecular formula is C24H29N3O3. The lowest BCUT2D eigenvalue weighted by atomic mass is 10.0. The number of rotatable bonds is 6. The zero-order valence-corrected chi connectivity index (χ0v) is 17.5. The van der Waals surface area contributed by atoms with E-state index in [-0.39, 0.29) is 18.4 Å². The van der Waals surface area contributed by atoms with E-state index in [0.717, 1.165) is 56.1 Å². The summed E-state index contributed by atoms with van der Waals surface area (Å²) in [5.41, 5.74) is 5.64. The zero-order valence-electron chi connectivity index (χ0n) is 17.5. The molecule has 1 N–H and O–H groups in total. The summed E-state index contributed by atoms with van der Waals surface area (Å²) < 4.78 is 5.38. The third kappa shape index (κ3) is 5.00. The second-order valence-corrected chi connectivity index (χ2v) is 8.08. The first kappa shape index (κ1) is 20.4. The van der Waals surface area contributed by atoms with Crippen molar-refractivity contribution in [1.82, 2.24) is 4.90 Å². The Morgan fingerprint density at radius 3 is 2.53 bits per heavy atom. The monoisotopic (exact) mass is 407 g/mol. The van der Waals surface area contributed by atoms with Crippen LogP contribution in [0.4, 0.5) is 11.4 Å². The molecule has 2 aliphatic rings. The van der Waals surface area contributed by atoms with Crippen LogP contribution in [0.2, 0.25) is 0 Å². The van der Waals surface area contributed by atoms with E-state index in [1.54, 1.807) is 7.05 Å². The minimum absolute atomic E-state index is 0.0367. The molecule has 0 radical (unpaired) electrons. The topological polar surface area (TPSA) is 61.9 Å². The molecule has 6 nitrogen and oxygen atoms in total. The Morgan fingerprint density at radius 2 is 1.77 bits per heavy atom. The molecule has 2 aromatic carbocycles. The molecule has 6 heteroatoms. The normalized spacial score (nSPS) is 15.6. The number of hydrogen-bond donors (Lipinski definition) is 1. The second-order valence-electron chi connectivity index (χ2n) is 8.08. The van der Waals surface area contributed by atoms with Crippen molar-refractivity contribution in [3.8, 4) is 0 Å². The minimum atomic E-state index is -0.195. The Labute approximate surface area is 177 Å². The predicted molar refractivity (Wildman–Crippen MR) is 118 cm³/mol. The first-order valence-corrected chi connectivity index (χ1v) is 10.7. The number of likely N-dealkylation sites (N-methyl/N-ethyl adjacent to an activating group) is 1. The van der Waals surface area contributed by atoms with E-state index >= 15 is 0 Å².